The average Bonchev–Trinajstić information content (AvgIpc) is 1.94. The Morgan fingerprint density at radius 1 is 1.40 bits per heavy atom. The fraction of sp³-hybridized carbons (Fsp3) is 0.625. The number of allylic oxidation sites excluding steroid dienone is 2. The lowest BCUT2D eigenvalue weighted by molar-refractivity contribution is -0.107. The molecule has 1 aliphatic carbocycles. The molecule has 1 nitrogen and oxygen atoms in total. The van der Waals surface area contributed by atoms with Gasteiger partial charge in [-0.05, 0) is 31.3 Å². The first-order chi connectivity index (χ1) is 4.84. The van der Waals surface area contributed by atoms with Crippen LogP contribution in [-0.4, -0.2) is 6.29 Å². The molecular weight excluding hydrogens is 131 g/mol. The number of hydrogen-bond acceptors (Lipinski definition) is 1. The summed E-state index contributed by atoms with van der Waals surface area (Å²) in [5.41, 5.74) is 0.723. The number of carbonyl (C=O) groups is 1. The fourth-order valence-electron chi connectivity index (χ4n) is 1.24. The van der Waals surface area contributed by atoms with Crippen molar-refractivity contribution < 1.29 is 9.18 Å². The van der Waals surface area contributed by atoms with Crippen LogP contribution < -0.4 is 0 Å². The van der Waals surface area contributed by atoms with Crippen LogP contribution in [-0.2, 0) is 4.79 Å². The first-order valence-corrected chi connectivity index (χ1v) is 3.64. The van der Waals surface area contributed by atoms with Crippen LogP contribution in [0.3, 0.4) is 0 Å². The molecular formula is C8H11FO. The lowest BCUT2D eigenvalue weighted by Gasteiger charge is -2.11. The van der Waals surface area contributed by atoms with Crippen molar-refractivity contribution in [3.8, 4) is 0 Å². The summed E-state index contributed by atoms with van der Waals surface area (Å²) in [5, 5.41) is 0. The van der Waals surface area contributed by atoms with Crippen LogP contribution in [0.25, 0.3) is 0 Å². The van der Waals surface area contributed by atoms with Gasteiger partial charge in [0, 0.05) is 6.42 Å². The molecule has 0 saturated carbocycles. The third-order valence-electron chi connectivity index (χ3n) is 1.84. The predicted octanol–water partition coefficient (Wildman–Crippen LogP) is 2.37. The summed E-state index contributed by atoms with van der Waals surface area (Å²) >= 11 is 0. The van der Waals surface area contributed by atoms with Gasteiger partial charge in [0.15, 0.2) is 0 Å². The molecule has 56 valence electrons. The van der Waals surface area contributed by atoms with Gasteiger partial charge in [-0.15, -0.1) is 0 Å². The highest BCUT2D eigenvalue weighted by atomic mass is 19.1. The Labute approximate surface area is 59.9 Å². The van der Waals surface area contributed by atoms with Gasteiger partial charge in [-0.25, -0.2) is 4.39 Å². The third kappa shape index (κ3) is 1.66. The lowest BCUT2D eigenvalue weighted by atomic mass is 9.97. The van der Waals surface area contributed by atoms with Crippen LogP contribution >= 0.6 is 0 Å². The number of aldehydes is 1. The van der Waals surface area contributed by atoms with E-state index < -0.39 is 0 Å². The van der Waals surface area contributed by atoms with E-state index >= 15 is 0 Å². The molecule has 2 heteroatoms. The Morgan fingerprint density at radius 2 is 2.10 bits per heavy atom. The van der Waals surface area contributed by atoms with Gasteiger partial charge in [0.25, 0.3) is 0 Å². The molecule has 10 heavy (non-hydrogen) atoms. The summed E-state index contributed by atoms with van der Waals surface area (Å²) in [4.78, 5) is 10.0. The van der Waals surface area contributed by atoms with Crippen LogP contribution in [0.5, 0.6) is 0 Å². The minimum absolute atomic E-state index is 0.0432. The largest absolute Gasteiger partial charge is 0.303 e. The Hall–Kier alpha value is -0.660. The first-order valence-electron chi connectivity index (χ1n) is 3.64. The predicted molar refractivity (Wildman–Crippen MR) is 37.3 cm³/mol. The van der Waals surface area contributed by atoms with Crippen LogP contribution in [0, 0.1) is 0 Å². The van der Waals surface area contributed by atoms with Crippen molar-refractivity contribution in [2.45, 2.75) is 32.1 Å². The standard InChI is InChI=1S/C8H11FO/c9-8-4-2-1-3-7(8)5-6-10/h6H,1-5H2. The molecule has 0 unspecified atom stereocenters. The van der Waals surface area contributed by atoms with Crippen molar-refractivity contribution in [2.24, 2.45) is 0 Å². The van der Waals surface area contributed by atoms with Crippen molar-refractivity contribution in [1.82, 2.24) is 0 Å². The zero-order valence-electron chi connectivity index (χ0n) is 5.90. The monoisotopic (exact) mass is 142 g/mol. The SMILES string of the molecule is O=CCC1=C(F)CCCC1. The molecule has 0 N–H and O–H groups in total. The van der Waals surface area contributed by atoms with Crippen LogP contribution in [0.4, 0.5) is 4.39 Å². The summed E-state index contributed by atoms with van der Waals surface area (Å²) in [6.07, 6.45) is 4.38. The van der Waals surface area contributed by atoms with Gasteiger partial charge in [0.05, 0.1) is 5.83 Å². The van der Waals surface area contributed by atoms with Gasteiger partial charge in [-0.1, -0.05) is 0 Å². The molecule has 0 atom stereocenters. The maximum absolute atomic E-state index is 12.8. The smallest absolute Gasteiger partial charge is 0.124 e. The molecule has 1 rings (SSSR count). The van der Waals surface area contributed by atoms with Gasteiger partial charge in [0.1, 0.15) is 6.29 Å². The summed E-state index contributed by atoms with van der Waals surface area (Å²) in [5.74, 6) is -0.0432. The number of hydrogen-bond donors (Lipinski definition) is 0. The van der Waals surface area contributed by atoms with E-state index in [2.05, 4.69) is 0 Å². The maximum atomic E-state index is 12.8. The molecule has 0 aromatic heterocycles. The zero-order valence-corrected chi connectivity index (χ0v) is 5.90. The number of halogens is 1. The van der Waals surface area contributed by atoms with E-state index in [1.165, 1.54) is 0 Å². The van der Waals surface area contributed by atoms with Crippen molar-refractivity contribution in [3.63, 3.8) is 0 Å². The Balaban J connectivity index is 2.58. The third-order valence-corrected chi connectivity index (χ3v) is 1.84. The van der Waals surface area contributed by atoms with E-state index in [-0.39, 0.29) is 5.83 Å². The molecule has 0 aromatic carbocycles. The highest BCUT2D eigenvalue weighted by Gasteiger charge is 2.10. The van der Waals surface area contributed by atoms with E-state index in [1.54, 1.807) is 0 Å². The van der Waals surface area contributed by atoms with E-state index in [4.69, 9.17) is 0 Å². The summed E-state index contributed by atoms with van der Waals surface area (Å²) < 4.78 is 12.8. The summed E-state index contributed by atoms with van der Waals surface area (Å²) in [6.45, 7) is 0. The van der Waals surface area contributed by atoms with Crippen LogP contribution in [0.15, 0.2) is 11.4 Å². The molecule has 0 saturated heterocycles. The van der Waals surface area contributed by atoms with E-state index in [1.807, 2.05) is 0 Å². The highest BCUT2D eigenvalue weighted by molar-refractivity contribution is 5.54. The summed E-state index contributed by atoms with van der Waals surface area (Å²) in [6, 6.07) is 0. The quantitative estimate of drug-likeness (QED) is 0.541. The molecule has 0 amide bonds. The van der Waals surface area contributed by atoms with Crippen molar-refractivity contribution in [3.05, 3.63) is 11.4 Å². The van der Waals surface area contributed by atoms with Gasteiger partial charge in [-0.3, -0.25) is 0 Å². The van der Waals surface area contributed by atoms with Gasteiger partial charge in [-0.2, -0.15) is 0 Å². The normalized spacial score (nSPS) is 19.3. The second kappa shape index (κ2) is 3.49. The van der Waals surface area contributed by atoms with E-state index in [0.29, 0.717) is 12.8 Å². The molecule has 0 spiro atoms. The Kier molecular flexibility index (Phi) is 2.60. The van der Waals surface area contributed by atoms with Gasteiger partial charge >= 0.3 is 0 Å². The zero-order chi connectivity index (χ0) is 7.40. The fourth-order valence-corrected chi connectivity index (χ4v) is 1.24. The molecule has 0 aliphatic heterocycles. The molecule has 0 aromatic rings. The highest BCUT2D eigenvalue weighted by Crippen LogP contribution is 2.26. The second-order valence-corrected chi connectivity index (χ2v) is 2.59. The number of rotatable bonds is 2. The molecule has 1 aliphatic rings. The second-order valence-electron chi connectivity index (χ2n) is 2.59. The first kappa shape index (κ1) is 7.45. The van der Waals surface area contributed by atoms with E-state index in [0.717, 1.165) is 31.1 Å². The molecule has 0 bridgehead atoms. The van der Waals surface area contributed by atoms with E-state index in [9.17, 15) is 9.18 Å². The van der Waals surface area contributed by atoms with Crippen molar-refractivity contribution >= 4 is 6.29 Å². The lowest BCUT2D eigenvalue weighted by Crippen LogP contribution is -1.96. The van der Waals surface area contributed by atoms with Crippen molar-refractivity contribution in [2.75, 3.05) is 0 Å². The van der Waals surface area contributed by atoms with Crippen LogP contribution in [0.1, 0.15) is 32.1 Å². The molecule has 0 radical (unpaired) electrons. The minimum atomic E-state index is -0.0432. The topological polar surface area (TPSA) is 17.1 Å². The molecule has 0 fully saturated rings. The van der Waals surface area contributed by atoms with Gasteiger partial charge in [0.2, 0.25) is 0 Å². The Bertz CT molecular complexity index is 161. The minimum Gasteiger partial charge on any atom is -0.303 e. The van der Waals surface area contributed by atoms with Crippen molar-refractivity contribution in [1.29, 1.82) is 0 Å². The Morgan fingerprint density at radius 3 is 2.70 bits per heavy atom. The van der Waals surface area contributed by atoms with Gasteiger partial charge < -0.3 is 4.79 Å². The summed E-state index contributed by atoms with van der Waals surface area (Å²) in [7, 11) is 0. The average molecular weight is 142 g/mol. The number of carbonyl (C=O) groups excluding carboxylic acids is 1. The van der Waals surface area contributed by atoms with Crippen LogP contribution in [0.2, 0.25) is 0 Å². The molecule has 0 heterocycles. The maximum Gasteiger partial charge on any atom is 0.124 e.